The molecule has 2 aliphatic heterocycles. The normalized spacial score (nSPS) is 20.8. The molecule has 42 heavy (non-hydrogen) atoms. The van der Waals surface area contributed by atoms with Crippen molar-refractivity contribution in [3.05, 3.63) is 82.2 Å². The lowest BCUT2D eigenvalue weighted by atomic mass is 9.80. The van der Waals surface area contributed by atoms with Crippen LogP contribution >= 0.6 is 69.6 Å². The minimum absolute atomic E-state index is 0.0513. The highest BCUT2D eigenvalue weighted by Gasteiger charge is 2.59. The second-order valence-corrected chi connectivity index (χ2v) is 14.2. The standard InChI is InChI=1S/C22H9Cl6N2O10S2/c23-9-2-13(27)16(4-11(9)25)41(35,36)39-22-19-8(6-29(22)34)18-7(1-15(19)31)20(32)30(21(18)33)40-42(37,38)17-5-12(26)10(24)3-14(17)28/h2-6,19,22H,1H2/q+1. The summed E-state index contributed by atoms with van der Waals surface area (Å²) >= 11 is 35.3. The quantitative estimate of drug-likeness (QED) is 0.173. The summed E-state index contributed by atoms with van der Waals surface area (Å²) in [6.07, 6.45) is -2.18. The number of halogens is 6. The molecule has 2 amide bonds. The molecule has 2 heterocycles. The van der Waals surface area contributed by atoms with Crippen molar-refractivity contribution in [2.75, 3.05) is 0 Å². The zero-order valence-corrected chi connectivity index (χ0v) is 26.0. The number of ketones is 1. The number of hydrogen-bond donors (Lipinski definition) is 0. The summed E-state index contributed by atoms with van der Waals surface area (Å²) < 4.78 is 61.6. The van der Waals surface area contributed by atoms with Gasteiger partial charge in [0.05, 0.1) is 46.0 Å². The number of fused-ring (bicyclic) bond motifs is 2. The molecule has 5 rings (SSSR count). The maximum Gasteiger partial charge on any atom is 0.339 e. The lowest BCUT2D eigenvalue weighted by Crippen LogP contribution is -2.37. The summed E-state index contributed by atoms with van der Waals surface area (Å²) in [6.45, 7) is 0. The number of nitrogens with zero attached hydrogens (tertiary/aromatic N) is 2. The van der Waals surface area contributed by atoms with Crippen LogP contribution in [0.5, 0.6) is 0 Å². The predicted octanol–water partition coefficient (Wildman–Crippen LogP) is 4.89. The highest BCUT2D eigenvalue weighted by atomic mass is 35.5. The molecule has 2 atom stereocenters. The van der Waals surface area contributed by atoms with Gasteiger partial charge in [0.2, 0.25) is 6.20 Å². The van der Waals surface area contributed by atoms with Gasteiger partial charge in [0.15, 0.2) is 5.78 Å². The molecule has 1 aliphatic carbocycles. The third-order valence-electron chi connectivity index (χ3n) is 6.15. The maximum absolute atomic E-state index is 13.2. The molecule has 2 unspecified atom stereocenters. The van der Waals surface area contributed by atoms with Crippen LogP contribution in [-0.2, 0) is 43.1 Å². The van der Waals surface area contributed by atoms with Gasteiger partial charge >= 0.3 is 26.5 Å². The van der Waals surface area contributed by atoms with Crippen LogP contribution in [0.3, 0.4) is 0 Å². The average Bonchev–Trinajstić information content (AvgIpc) is 3.32. The first-order valence-electron chi connectivity index (χ1n) is 10.9. The molecule has 0 fully saturated rings. The van der Waals surface area contributed by atoms with E-state index in [-0.39, 0.29) is 29.9 Å². The molecule has 0 N–H and O–H groups in total. The fourth-order valence-electron chi connectivity index (χ4n) is 4.32. The molecule has 0 radical (unpaired) electrons. The minimum Gasteiger partial charge on any atom is -0.298 e. The van der Waals surface area contributed by atoms with Gasteiger partial charge < -0.3 is 0 Å². The van der Waals surface area contributed by atoms with Crippen molar-refractivity contribution in [2.45, 2.75) is 22.4 Å². The number of carbonyl (C=O) groups is 3. The van der Waals surface area contributed by atoms with Gasteiger partial charge in [0.1, 0.15) is 15.7 Å². The minimum atomic E-state index is -4.98. The van der Waals surface area contributed by atoms with Crippen LogP contribution in [0.15, 0.2) is 57.0 Å². The molecule has 0 bridgehead atoms. The Balaban J connectivity index is 1.45. The van der Waals surface area contributed by atoms with Crippen molar-refractivity contribution in [3.63, 3.8) is 0 Å². The number of rotatable bonds is 6. The second kappa shape index (κ2) is 10.8. The Bertz CT molecular complexity index is 1960. The van der Waals surface area contributed by atoms with Crippen molar-refractivity contribution in [2.24, 2.45) is 5.92 Å². The van der Waals surface area contributed by atoms with Gasteiger partial charge in [0, 0.05) is 16.9 Å². The first-order valence-corrected chi connectivity index (χ1v) is 16.0. The first kappa shape index (κ1) is 31.3. The van der Waals surface area contributed by atoms with Gasteiger partial charge in [-0.3, -0.25) is 14.4 Å². The Morgan fingerprint density at radius 2 is 1.24 bits per heavy atom. The van der Waals surface area contributed by atoms with Gasteiger partial charge in [-0.2, -0.15) is 21.0 Å². The molecule has 12 nitrogen and oxygen atoms in total. The topological polar surface area (TPSA) is 161 Å². The van der Waals surface area contributed by atoms with Crippen LogP contribution in [0.1, 0.15) is 6.42 Å². The van der Waals surface area contributed by atoms with Crippen molar-refractivity contribution >= 4 is 107 Å². The molecular formula is C22H9Cl6N2O10S2+. The van der Waals surface area contributed by atoms with Gasteiger partial charge in [0.25, 0.3) is 11.8 Å². The monoisotopic (exact) mass is 735 g/mol. The van der Waals surface area contributed by atoms with E-state index in [1.54, 1.807) is 0 Å². The summed E-state index contributed by atoms with van der Waals surface area (Å²) in [5, 5.41) is -1.58. The van der Waals surface area contributed by atoms with Crippen LogP contribution in [0.2, 0.25) is 30.1 Å². The number of imide groups is 1. The van der Waals surface area contributed by atoms with E-state index in [4.69, 9.17) is 78.1 Å². The number of Topliss-reactive ketones (excluding diaryl/α,β-unsaturated/α-hetero) is 1. The zero-order chi connectivity index (χ0) is 31.0. The first-order chi connectivity index (χ1) is 19.4. The summed E-state index contributed by atoms with van der Waals surface area (Å²) in [7, 11) is -9.84. The molecule has 220 valence electrons. The van der Waals surface area contributed by atoms with Crippen LogP contribution in [0.4, 0.5) is 0 Å². The lowest BCUT2D eigenvalue weighted by molar-refractivity contribution is -0.555. The zero-order valence-electron chi connectivity index (χ0n) is 19.8. The number of carbonyl (C=O) groups excluding carboxylic acids is 3. The van der Waals surface area contributed by atoms with Crippen LogP contribution in [0, 0.1) is 10.8 Å². The van der Waals surface area contributed by atoms with E-state index in [9.17, 15) is 36.1 Å². The number of benzene rings is 2. The average molecular weight is 738 g/mol. The Morgan fingerprint density at radius 1 is 0.738 bits per heavy atom. The molecule has 0 saturated carbocycles. The summed E-state index contributed by atoms with van der Waals surface area (Å²) in [5.74, 6) is -5.25. The number of hydroxylamine groups is 2. The Labute approximate surface area is 266 Å². The van der Waals surface area contributed by atoms with E-state index in [0.29, 0.717) is 6.20 Å². The molecule has 0 saturated heterocycles. The van der Waals surface area contributed by atoms with Crippen molar-refractivity contribution in [1.82, 2.24) is 5.06 Å². The number of hydrogen-bond acceptors (Lipinski definition) is 10. The molecular weight excluding hydrogens is 729 g/mol. The molecule has 2 aromatic carbocycles. The maximum atomic E-state index is 13.2. The van der Waals surface area contributed by atoms with Gasteiger partial charge in [-0.1, -0.05) is 69.6 Å². The highest BCUT2D eigenvalue weighted by Crippen LogP contribution is 2.45. The predicted molar refractivity (Wildman–Crippen MR) is 147 cm³/mol. The van der Waals surface area contributed by atoms with Crippen LogP contribution < -0.4 is 0 Å². The number of nitroso groups, excluding NO2 is 1. The van der Waals surface area contributed by atoms with Crippen molar-refractivity contribution < 1.29 is 44.4 Å². The van der Waals surface area contributed by atoms with Crippen molar-refractivity contribution in [1.29, 1.82) is 0 Å². The van der Waals surface area contributed by atoms with Gasteiger partial charge in [-0.15, -0.1) is 9.35 Å². The van der Waals surface area contributed by atoms with Gasteiger partial charge in [-0.25, -0.2) is 0 Å². The van der Waals surface area contributed by atoms with E-state index in [2.05, 4.69) is 0 Å². The van der Waals surface area contributed by atoms with E-state index >= 15 is 0 Å². The van der Waals surface area contributed by atoms with Crippen LogP contribution in [-0.4, -0.2) is 50.5 Å². The Hall–Kier alpha value is -2.11. The van der Waals surface area contributed by atoms with Crippen LogP contribution in [0.25, 0.3) is 0 Å². The van der Waals surface area contributed by atoms with E-state index in [1.807, 2.05) is 0 Å². The SMILES string of the molecule is O=C1CC2=C(C(=O)N(OS(=O)(=O)c3cc(Cl)c(Cl)cc3Cl)C2=O)C2=C[N+](=O)C(OS(=O)(=O)c3cc(Cl)c(Cl)cc3Cl)C12. The van der Waals surface area contributed by atoms with Gasteiger partial charge in [-0.05, 0) is 24.3 Å². The number of amides is 2. The molecule has 3 aliphatic rings. The lowest BCUT2D eigenvalue weighted by Gasteiger charge is -2.19. The fourth-order valence-corrected chi connectivity index (χ4v) is 8.20. The van der Waals surface area contributed by atoms with E-state index < -0.39 is 93.0 Å². The van der Waals surface area contributed by atoms with E-state index in [1.165, 1.54) is 0 Å². The summed E-state index contributed by atoms with van der Waals surface area (Å²) in [5.41, 5.74) is -1.43. The summed E-state index contributed by atoms with van der Waals surface area (Å²) in [6, 6.07) is 3.72. The Morgan fingerprint density at radius 3 is 1.79 bits per heavy atom. The summed E-state index contributed by atoms with van der Waals surface area (Å²) in [4.78, 5) is 50.7. The molecule has 2 aromatic rings. The Kier molecular flexibility index (Phi) is 8.06. The fraction of sp³-hybridized carbons (Fsp3) is 0.136. The third-order valence-corrected chi connectivity index (χ3v) is 11.0. The second-order valence-electron chi connectivity index (χ2n) is 8.69. The largest absolute Gasteiger partial charge is 0.339 e. The molecule has 0 aromatic heterocycles. The highest BCUT2D eigenvalue weighted by molar-refractivity contribution is 7.87. The smallest absolute Gasteiger partial charge is 0.298 e. The van der Waals surface area contributed by atoms with Crippen molar-refractivity contribution in [3.8, 4) is 0 Å². The molecule has 0 spiro atoms. The molecule has 20 heteroatoms. The third kappa shape index (κ3) is 5.17. The van der Waals surface area contributed by atoms with E-state index in [0.717, 1.165) is 24.3 Å².